The zero-order valence-electron chi connectivity index (χ0n) is 10.1. The molecule has 1 aromatic rings. The fourth-order valence-electron chi connectivity index (χ4n) is 1.54. The van der Waals surface area contributed by atoms with E-state index in [-0.39, 0.29) is 17.8 Å². The van der Waals surface area contributed by atoms with E-state index in [1.807, 2.05) is 25.9 Å². The molecule has 1 N–H and O–H groups in total. The lowest BCUT2D eigenvalue weighted by Crippen LogP contribution is -2.39. The van der Waals surface area contributed by atoms with Gasteiger partial charge >= 0.3 is 0 Å². The van der Waals surface area contributed by atoms with Gasteiger partial charge in [-0.15, -0.1) is 0 Å². The first-order valence-corrected chi connectivity index (χ1v) is 6.10. The largest absolute Gasteiger partial charge is 0.348 e. The molecular weight excluding hydrogens is 287 g/mol. The summed E-state index contributed by atoms with van der Waals surface area (Å²) < 4.78 is 13.3. The van der Waals surface area contributed by atoms with Crippen molar-refractivity contribution in [2.75, 3.05) is 20.6 Å². The molecule has 0 aromatic heterocycles. The van der Waals surface area contributed by atoms with Crippen LogP contribution in [0.4, 0.5) is 4.39 Å². The molecule has 17 heavy (non-hydrogen) atoms. The van der Waals surface area contributed by atoms with Gasteiger partial charge in [0.1, 0.15) is 5.82 Å². The summed E-state index contributed by atoms with van der Waals surface area (Å²) in [5.41, 5.74) is 0.448. The molecule has 0 saturated heterocycles. The van der Waals surface area contributed by atoms with E-state index in [2.05, 4.69) is 21.2 Å². The highest BCUT2D eigenvalue weighted by molar-refractivity contribution is 9.10. The van der Waals surface area contributed by atoms with Gasteiger partial charge in [-0.1, -0.05) is 0 Å². The standard InChI is InChI=1S/C12H16BrFN2O/c1-8(7-16(2)3)15-12(17)9-4-5-11(14)10(13)6-9/h4-6,8H,7H2,1-3H3,(H,15,17). The van der Waals surface area contributed by atoms with Crippen molar-refractivity contribution in [3.63, 3.8) is 0 Å². The van der Waals surface area contributed by atoms with Gasteiger partial charge in [0.2, 0.25) is 0 Å². The van der Waals surface area contributed by atoms with Crippen LogP contribution < -0.4 is 5.32 Å². The summed E-state index contributed by atoms with van der Waals surface area (Å²) in [4.78, 5) is 13.8. The zero-order valence-corrected chi connectivity index (χ0v) is 11.7. The Morgan fingerprint density at radius 3 is 2.71 bits per heavy atom. The van der Waals surface area contributed by atoms with Gasteiger partial charge in [0.25, 0.3) is 5.91 Å². The van der Waals surface area contributed by atoms with E-state index in [1.165, 1.54) is 18.2 Å². The van der Waals surface area contributed by atoms with Crippen LogP contribution in [0.3, 0.4) is 0 Å². The number of carbonyl (C=O) groups excluding carboxylic acids is 1. The number of nitrogens with zero attached hydrogens (tertiary/aromatic N) is 1. The maximum atomic E-state index is 13.0. The number of nitrogens with one attached hydrogen (secondary N) is 1. The lowest BCUT2D eigenvalue weighted by molar-refractivity contribution is 0.0934. The van der Waals surface area contributed by atoms with Crippen LogP contribution in [0.5, 0.6) is 0 Å². The number of carbonyl (C=O) groups is 1. The minimum atomic E-state index is -0.372. The predicted molar refractivity (Wildman–Crippen MR) is 69.6 cm³/mol. The highest BCUT2D eigenvalue weighted by atomic mass is 79.9. The topological polar surface area (TPSA) is 32.3 Å². The molecular formula is C12H16BrFN2O. The van der Waals surface area contributed by atoms with Crippen molar-refractivity contribution < 1.29 is 9.18 Å². The number of amides is 1. The third-order valence-corrected chi connectivity index (χ3v) is 2.81. The van der Waals surface area contributed by atoms with E-state index in [9.17, 15) is 9.18 Å². The van der Waals surface area contributed by atoms with Crippen molar-refractivity contribution >= 4 is 21.8 Å². The monoisotopic (exact) mass is 302 g/mol. The number of likely N-dealkylation sites (N-methyl/N-ethyl adjacent to an activating group) is 1. The summed E-state index contributed by atoms with van der Waals surface area (Å²) in [6.45, 7) is 2.69. The van der Waals surface area contributed by atoms with Crippen LogP contribution >= 0.6 is 15.9 Å². The molecule has 1 unspecified atom stereocenters. The molecule has 0 bridgehead atoms. The van der Waals surface area contributed by atoms with Crippen molar-refractivity contribution in [2.24, 2.45) is 0 Å². The SMILES string of the molecule is CC(CN(C)C)NC(=O)c1ccc(F)c(Br)c1. The maximum absolute atomic E-state index is 13.0. The zero-order chi connectivity index (χ0) is 13.0. The molecule has 0 heterocycles. The highest BCUT2D eigenvalue weighted by Gasteiger charge is 2.11. The fourth-order valence-corrected chi connectivity index (χ4v) is 1.92. The Kier molecular flexibility index (Phi) is 5.08. The van der Waals surface area contributed by atoms with Crippen molar-refractivity contribution in [1.82, 2.24) is 10.2 Å². The van der Waals surface area contributed by atoms with E-state index >= 15 is 0 Å². The van der Waals surface area contributed by atoms with Crippen molar-refractivity contribution in [2.45, 2.75) is 13.0 Å². The Morgan fingerprint density at radius 2 is 2.18 bits per heavy atom. The molecule has 0 spiro atoms. The lowest BCUT2D eigenvalue weighted by Gasteiger charge is -2.18. The third-order valence-electron chi connectivity index (χ3n) is 2.20. The molecule has 94 valence electrons. The summed E-state index contributed by atoms with van der Waals surface area (Å²) >= 11 is 3.06. The highest BCUT2D eigenvalue weighted by Crippen LogP contribution is 2.16. The van der Waals surface area contributed by atoms with Crippen molar-refractivity contribution in [1.29, 1.82) is 0 Å². The van der Waals surface area contributed by atoms with Crippen LogP contribution in [0.25, 0.3) is 0 Å². The number of benzene rings is 1. The second-order valence-electron chi connectivity index (χ2n) is 4.27. The van der Waals surface area contributed by atoms with Crippen LogP contribution in [0.2, 0.25) is 0 Å². The summed E-state index contributed by atoms with van der Waals surface area (Å²) in [7, 11) is 3.88. The van der Waals surface area contributed by atoms with Crippen LogP contribution in [0.15, 0.2) is 22.7 Å². The first-order valence-electron chi connectivity index (χ1n) is 5.31. The molecule has 0 saturated carbocycles. The molecule has 1 aromatic carbocycles. The molecule has 0 fully saturated rings. The maximum Gasteiger partial charge on any atom is 0.251 e. The first kappa shape index (κ1) is 14.1. The number of rotatable bonds is 4. The van der Waals surface area contributed by atoms with E-state index in [0.29, 0.717) is 10.0 Å². The average molecular weight is 303 g/mol. The minimum absolute atomic E-state index is 0.0429. The lowest BCUT2D eigenvalue weighted by atomic mass is 10.2. The summed E-state index contributed by atoms with van der Waals surface area (Å²) in [5, 5.41) is 2.85. The number of hydrogen-bond acceptors (Lipinski definition) is 2. The molecule has 0 radical (unpaired) electrons. The average Bonchev–Trinajstić information content (AvgIpc) is 2.20. The second-order valence-corrected chi connectivity index (χ2v) is 5.12. The van der Waals surface area contributed by atoms with Gasteiger partial charge < -0.3 is 10.2 Å². The Hall–Kier alpha value is -0.940. The van der Waals surface area contributed by atoms with E-state index in [0.717, 1.165) is 6.54 Å². The summed E-state index contributed by atoms with van der Waals surface area (Å²) in [5.74, 6) is -0.567. The van der Waals surface area contributed by atoms with Crippen LogP contribution in [-0.4, -0.2) is 37.5 Å². The van der Waals surface area contributed by atoms with Gasteiger partial charge in [0, 0.05) is 18.2 Å². The Balaban J connectivity index is 2.66. The Labute approximate surface area is 109 Å². The van der Waals surface area contributed by atoms with Gasteiger partial charge in [0.05, 0.1) is 4.47 Å². The quantitative estimate of drug-likeness (QED) is 0.925. The second kappa shape index (κ2) is 6.12. The molecule has 3 nitrogen and oxygen atoms in total. The summed E-state index contributed by atoms with van der Waals surface area (Å²) in [6, 6.07) is 4.27. The smallest absolute Gasteiger partial charge is 0.251 e. The molecule has 1 rings (SSSR count). The molecule has 0 aliphatic carbocycles. The molecule has 1 atom stereocenters. The Morgan fingerprint density at radius 1 is 1.53 bits per heavy atom. The predicted octanol–water partition coefficient (Wildman–Crippen LogP) is 2.27. The van der Waals surface area contributed by atoms with Crippen LogP contribution in [-0.2, 0) is 0 Å². The van der Waals surface area contributed by atoms with Crippen LogP contribution in [0, 0.1) is 5.82 Å². The Bertz CT molecular complexity index is 409. The number of halogens is 2. The van der Waals surface area contributed by atoms with Crippen LogP contribution in [0.1, 0.15) is 17.3 Å². The van der Waals surface area contributed by atoms with E-state index < -0.39 is 0 Å². The first-order chi connectivity index (χ1) is 7.90. The van der Waals surface area contributed by atoms with Gasteiger partial charge in [-0.25, -0.2) is 4.39 Å². The molecule has 0 aliphatic heterocycles. The van der Waals surface area contributed by atoms with E-state index in [1.54, 1.807) is 0 Å². The van der Waals surface area contributed by atoms with Gasteiger partial charge in [-0.05, 0) is 55.1 Å². The molecule has 0 aliphatic rings. The number of hydrogen-bond donors (Lipinski definition) is 1. The minimum Gasteiger partial charge on any atom is -0.348 e. The van der Waals surface area contributed by atoms with Crippen molar-refractivity contribution in [3.05, 3.63) is 34.1 Å². The van der Waals surface area contributed by atoms with Gasteiger partial charge in [-0.3, -0.25) is 4.79 Å². The summed E-state index contributed by atoms with van der Waals surface area (Å²) in [6.07, 6.45) is 0. The fraction of sp³-hybridized carbons (Fsp3) is 0.417. The third kappa shape index (κ3) is 4.44. The van der Waals surface area contributed by atoms with Crippen molar-refractivity contribution in [3.8, 4) is 0 Å². The molecule has 5 heteroatoms. The van der Waals surface area contributed by atoms with Gasteiger partial charge in [-0.2, -0.15) is 0 Å². The van der Waals surface area contributed by atoms with E-state index in [4.69, 9.17) is 0 Å². The molecule has 1 amide bonds. The van der Waals surface area contributed by atoms with Gasteiger partial charge in [0.15, 0.2) is 0 Å². The normalized spacial score (nSPS) is 12.6.